The van der Waals surface area contributed by atoms with Crippen LogP contribution in [0, 0.1) is 0 Å². The molecule has 12 heteroatoms. The quantitative estimate of drug-likeness (QED) is 0.416. The Morgan fingerprint density at radius 3 is 2.42 bits per heavy atom. The first-order valence-corrected chi connectivity index (χ1v) is 9.28. The molecule has 0 spiro atoms. The number of benzene rings is 1. The molecule has 0 unspecified atom stereocenters. The molecule has 170 valence electrons. The van der Waals surface area contributed by atoms with E-state index in [0.29, 0.717) is 16.8 Å². The predicted molar refractivity (Wildman–Crippen MR) is 106 cm³/mol. The third-order valence-electron chi connectivity index (χ3n) is 4.78. The number of carbonyl (C=O) groups excluding carboxylic acids is 1. The Bertz CT molecular complexity index is 1350. The molecular weight excluding hydrogens is 452 g/mol. The molecule has 0 fully saturated rings. The van der Waals surface area contributed by atoms with Crippen molar-refractivity contribution in [3.63, 3.8) is 0 Å². The fraction of sp³-hybridized carbons (Fsp3) is 0.143. The highest BCUT2D eigenvalue weighted by atomic mass is 19.4. The van der Waals surface area contributed by atoms with Gasteiger partial charge in [0.25, 0.3) is 5.91 Å². The molecule has 0 radical (unpaired) electrons. The van der Waals surface area contributed by atoms with Crippen LogP contribution in [0.1, 0.15) is 21.7 Å². The Morgan fingerprint density at radius 2 is 1.73 bits per heavy atom. The molecule has 1 N–H and O–H groups in total. The van der Waals surface area contributed by atoms with Crippen molar-refractivity contribution in [3.8, 4) is 11.3 Å². The average Bonchev–Trinajstić information content (AvgIpc) is 3.10. The van der Waals surface area contributed by atoms with Crippen molar-refractivity contribution in [3.05, 3.63) is 71.9 Å². The van der Waals surface area contributed by atoms with Crippen molar-refractivity contribution in [1.82, 2.24) is 19.7 Å². The first-order chi connectivity index (χ1) is 15.5. The number of amides is 1. The minimum atomic E-state index is -5.00. The summed E-state index contributed by atoms with van der Waals surface area (Å²) in [5.74, 6) is -1.28. The number of halogens is 6. The van der Waals surface area contributed by atoms with E-state index >= 15 is 0 Å². The lowest BCUT2D eigenvalue weighted by Gasteiger charge is -2.12. The number of pyridine rings is 2. The molecule has 3 aromatic heterocycles. The van der Waals surface area contributed by atoms with Gasteiger partial charge in [-0.1, -0.05) is 24.3 Å². The Kier molecular flexibility index (Phi) is 5.30. The normalized spacial score (nSPS) is 12.2. The smallest absolute Gasteiger partial charge is 0.321 e. The van der Waals surface area contributed by atoms with E-state index in [1.54, 1.807) is 24.3 Å². The van der Waals surface area contributed by atoms with Crippen molar-refractivity contribution < 1.29 is 31.1 Å². The fourth-order valence-electron chi connectivity index (χ4n) is 3.40. The maximum absolute atomic E-state index is 14.1. The number of fused-ring (bicyclic) bond motifs is 1. The highest BCUT2D eigenvalue weighted by molar-refractivity contribution is 6.06. The number of alkyl halides is 6. The van der Waals surface area contributed by atoms with E-state index in [9.17, 15) is 31.1 Å². The van der Waals surface area contributed by atoms with Gasteiger partial charge in [0.15, 0.2) is 0 Å². The number of aromatic nitrogens is 4. The van der Waals surface area contributed by atoms with Crippen molar-refractivity contribution in [2.45, 2.75) is 12.4 Å². The second-order valence-corrected chi connectivity index (χ2v) is 6.98. The average molecular weight is 465 g/mol. The van der Waals surface area contributed by atoms with Gasteiger partial charge < -0.3 is 5.32 Å². The van der Waals surface area contributed by atoms with Crippen LogP contribution < -0.4 is 5.32 Å². The zero-order valence-electron chi connectivity index (χ0n) is 16.7. The molecule has 0 saturated carbocycles. The third-order valence-corrected chi connectivity index (χ3v) is 4.78. The number of nitrogens with one attached hydrogen (secondary N) is 1. The molecule has 3 heterocycles. The number of hydrogen-bond acceptors (Lipinski definition) is 4. The summed E-state index contributed by atoms with van der Waals surface area (Å²) in [5, 5.41) is 6.99. The monoisotopic (exact) mass is 465 g/mol. The Morgan fingerprint density at radius 1 is 1.00 bits per heavy atom. The summed E-state index contributed by atoms with van der Waals surface area (Å²) in [4.78, 5) is 19.9. The lowest BCUT2D eigenvalue weighted by Crippen LogP contribution is -2.21. The van der Waals surface area contributed by atoms with Crippen molar-refractivity contribution in [1.29, 1.82) is 0 Å². The van der Waals surface area contributed by atoms with E-state index in [0.717, 1.165) is 24.0 Å². The molecule has 4 rings (SSSR count). The minimum absolute atomic E-state index is 0.0540. The highest BCUT2D eigenvalue weighted by Crippen LogP contribution is 2.41. The van der Waals surface area contributed by atoms with Gasteiger partial charge in [0.1, 0.15) is 22.6 Å². The first kappa shape index (κ1) is 22.2. The molecule has 0 atom stereocenters. The van der Waals surface area contributed by atoms with Crippen LogP contribution in [0.3, 0.4) is 0 Å². The van der Waals surface area contributed by atoms with Gasteiger partial charge >= 0.3 is 12.4 Å². The van der Waals surface area contributed by atoms with Crippen LogP contribution in [0.15, 0.2) is 55.0 Å². The summed E-state index contributed by atoms with van der Waals surface area (Å²) in [5.41, 5.74) is -4.33. The van der Waals surface area contributed by atoms with Gasteiger partial charge in [0.05, 0.1) is 0 Å². The molecule has 0 saturated heterocycles. The Hall–Kier alpha value is -3.96. The minimum Gasteiger partial charge on any atom is -0.321 e. The number of hydrogen-bond donors (Lipinski definition) is 1. The second kappa shape index (κ2) is 7.87. The van der Waals surface area contributed by atoms with Gasteiger partial charge in [-0.2, -0.15) is 31.4 Å². The zero-order chi connectivity index (χ0) is 24.0. The maximum Gasteiger partial charge on any atom is 0.433 e. The van der Waals surface area contributed by atoms with E-state index in [-0.39, 0.29) is 11.3 Å². The van der Waals surface area contributed by atoms with E-state index < -0.39 is 40.9 Å². The molecular formula is C21H13F6N5O. The highest BCUT2D eigenvalue weighted by Gasteiger charge is 2.42. The van der Waals surface area contributed by atoms with Gasteiger partial charge in [-0.25, -0.2) is 0 Å². The predicted octanol–water partition coefficient (Wildman–Crippen LogP) is 5.32. The van der Waals surface area contributed by atoms with Crippen LogP contribution in [-0.2, 0) is 19.4 Å². The van der Waals surface area contributed by atoms with Crippen molar-refractivity contribution >= 4 is 22.4 Å². The lowest BCUT2D eigenvalue weighted by molar-refractivity contribution is -0.141. The molecule has 1 amide bonds. The summed E-state index contributed by atoms with van der Waals surface area (Å²) in [7, 11) is 1.14. The Balaban J connectivity index is 1.84. The topological polar surface area (TPSA) is 72.7 Å². The standard InChI is InChI=1S/C21H13F6N5O/c1-32-18(19(33)30-12-6-7-29-15(8-12)20(22,23)24)16(21(25,26)27)17(31-32)14-10-28-9-11-4-2-3-5-13(11)14/h2-10H,1H3,(H,29,30,33). The summed E-state index contributed by atoms with van der Waals surface area (Å²) in [6.07, 6.45) is -6.31. The molecule has 0 bridgehead atoms. The van der Waals surface area contributed by atoms with E-state index in [1.807, 2.05) is 0 Å². The summed E-state index contributed by atoms with van der Waals surface area (Å²) in [6, 6.07) is 8.15. The third kappa shape index (κ3) is 4.23. The molecule has 0 aliphatic heterocycles. The van der Waals surface area contributed by atoms with E-state index in [1.165, 1.54) is 12.4 Å². The van der Waals surface area contributed by atoms with Crippen LogP contribution in [0.25, 0.3) is 22.0 Å². The van der Waals surface area contributed by atoms with Crippen LogP contribution in [0.2, 0.25) is 0 Å². The number of aryl methyl sites for hydroxylation is 1. The summed E-state index contributed by atoms with van der Waals surface area (Å²) < 4.78 is 81.7. The lowest BCUT2D eigenvalue weighted by atomic mass is 10.0. The van der Waals surface area contributed by atoms with Crippen molar-refractivity contribution in [2.24, 2.45) is 7.05 Å². The van der Waals surface area contributed by atoms with E-state index in [4.69, 9.17) is 0 Å². The van der Waals surface area contributed by atoms with Crippen LogP contribution in [-0.4, -0.2) is 25.7 Å². The molecule has 1 aromatic carbocycles. The number of anilines is 1. The second-order valence-electron chi connectivity index (χ2n) is 6.98. The fourth-order valence-corrected chi connectivity index (χ4v) is 3.40. The van der Waals surface area contributed by atoms with Crippen LogP contribution >= 0.6 is 0 Å². The zero-order valence-corrected chi connectivity index (χ0v) is 16.7. The largest absolute Gasteiger partial charge is 0.433 e. The first-order valence-electron chi connectivity index (χ1n) is 9.28. The van der Waals surface area contributed by atoms with Crippen molar-refractivity contribution in [2.75, 3.05) is 5.32 Å². The Labute approximate surface area is 181 Å². The van der Waals surface area contributed by atoms with Crippen LogP contribution in [0.4, 0.5) is 32.0 Å². The van der Waals surface area contributed by atoms with Gasteiger partial charge in [0, 0.05) is 42.3 Å². The molecule has 4 aromatic rings. The van der Waals surface area contributed by atoms with Gasteiger partial charge in [-0.3, -0.25) is 19.4 Å². The van der Waals surface area contributed by atoms with Gasteiger partial charge in [-0.05, 0) is 17.5 Å². The SMILES string of the molecule is Cn1nc(-c2cncc3ccccc23)c(C(F)(F)F)c1C(=O)Nc1ccnc(C(F)(F)F)c1. The van der Waals surface area contributed by atoms with Gasteiger partial charge in [-0.15, -0.1) is 0 Å². The summed E-state index contributed by atoms with van der Waals surface area (Å²) >= 11 is 0. The van der Waals surface area contributed by atoms with Gasteiger partial charge in [0.2, 0.25) is 0 Å². The number of nitrogens with zero attached hydrogens (tertiary/aromatic N) is 4. The number of carbonyl (C=O) groups is 1. The maximum atomic E-state index is 14.1. The molecule has 33 heavy (non-hydrogen) atoms. The van der Waals surface area contributed by atoms with E-state index in [2.05, 4.69) is 20.4 Å². The molecule has 0 aliphatic rings. The molecule has 0 aliphatic carbocycles. The molecule has 6 nitrogen and oxygen atoms in total. The summed E-state index contributed by atoms with van der Waals surface area (Å²) in [6.45, 7) is 0. The number of rotatable bonds is 3. The van der Waals surface area contributed by atoms with Crippen LogP contribution in [0.5, 0.6) is 0 Å².